The molecule has 2 unspecified atom stereocenters. The highest BCUT2D eigenvalue weighted by atomic mass is 16.7. The van der Waals surface area contributed by atoms with Crippen molar-refractivity contribution in [3.63, 3.8) is 0 Å². The van der Waals surface area contributed by atoms with E-state index < -0.39 is 6.10 Å². The van der Waals surface area contributed by atoms with Crippen LogP contribution < -0.4 is 0 Å². The highest BCUT2D eigenvalue weighted by Crippen LogP contribution is 2.63. The van der Waals surface area contributed by atoms with E-state index in [0.29, 0.717) is 35.3 Å². The Morgan fingerprint density at radius 3 is 2.58 bits per heavy atom. The van der Waals surface area contributed by atoms with Crippen molar-refractivity contribution in [2.45, 2.75) is 97.1 Å². The van der Waals surface area contributed by atoms with Crippen LogP contribution in [0.25, 0.3) is 0 Å². The Labute approximate surface area is 186 Å². The summed E-state index contributed by atoms with van der Waals surface area (Å²) in [5.41, 5.74) is 0.710. The molecule has 5 nitrogen and oxygen atoms in total. The topological polar surface area (TPSA) is 65.0 Å². The highest BCUT2D eigenvalue weighted by Gasteiger charge is 2.60. The predicted molar refractivity (Wildman–Crippen MR) is 117 cm³/mol. The van der Waals surface area contributed by atoms with Gasteiger partial charge in [0.1, 0.15) is 12.7 Å². The van der Waals surface area contributed by atoms with E-state index in [1.807, 2.05) is 6.08 Å². The Bertz CT molecular complexity index is 727. The van der Waals surface area contributed by atoms with Crippen molar-refractivity contribution in [2.24, 2.45) is 34.5 Å². The van der Waals surface area contributed by atoms with Gasteiger partial charge in [-0.25, -0.2) is 4.79 Å². The standard InChI is InChI=1S/C26H40O5/c1-16-8-11-21-25(2,19(16)10-9-18-20(27)14-29-23(18)28)13-12-22-26(21,3)15-30-24(31-22)17-6-4-5-7-17/h9,16-17,19-22,24,27H,4-8,10-15H2,1-3H3/b18-9+/t16?,19-,20-,21?,22-,24-,25+,26+/m1/s1. The van der Waals surface area contributed by atoms with Gasteiger partial charge in [-0.15, -0.1) is 0 Å². The molecule has 0 amide bonds. The molecule has 3 saturated carbocycles. The maximum atomic E-state index is 12.0. The third kappa shape index (κ3) is 3.59. The minimum absolute atomic E-state index is 0.00263. The van der Waals surface area contributed by atoms with Gasteiger partial charge < -0.3 is 19.3 Å². The van der Waals surface area contributed by atoms with Crippen molar-refractivity contribution in [3.8, 4) is 0 Å². The number of carbonyl (C=O) groups is 1. The largest absolute Gasteiger partial charge is 0.459 e. The third-order valence-corrected chi connectivity index (χ3v) is 9.92. The van der Waals surface area contributed by atoms with Crippen LogP contribution in [0.15, 0.2) is 11.6 Å². The molecule has 2 heterocycles. The van der Waals surface area contributed by atoms with Crippen LogP contribution in [0.1, 0.15) is 78.6 Å². The van der Waals surface area contributed by atoms with Gasteiger partial charge in [-0.2, -0.15) is 0 Å². The zero-order valence-electron chi connectivity index (χ0n) is 19.5. The number of fused-ring (bicyclic) bond motifs is 3. The van der Waals surface area contributed by atoms with E-state index in [1.54, 1.807) is 0 Å². The average molecular weight is 433 g/mol. The SMILES string of the molecule is CC1CCC2[C@]3(C)CO[C@@H](C4CCCC4)O[C@@H]3CC[C@@]2(C)[C@@H]1C/C=C1/C(=O)OC[C@H]1O. The molecule has 2 saturated heterocycles. The Morgan fingerprint density at radius 2 is 1.87 bits per heavy atom. The van der Waals surface area contributed by atoms with Crippen LogP contribution in [0.3, 0.4) is 0 Å². The zero-order chi connectivity index (χ0) is 21.8. The van der Waals surface area contributed by atoms with E-state index in [-0.39, 0.29) is 29.7 Å². The Balaban J connectivity index is 1.35. The fourth-order valence-corrected chi connectivity index (χ4v) is 8.10. The van der Waals surface area contributed by atoms with Gasteiger partial charge in [0.25, 0.3) is 0 Å². The lowest BCUT2D eigenvalue weighted by atomic mass is 9.45. The summed E-state index contributed by atoms with van der Waals surface area (Å²) in [5, 5.41) is 10.1. The Kier molecular flexibility index (Phi) is 5.76. The number of cyclic esters (lactones) is 1. The summed E-state index contributed by atoms with van der Waals surface area (Å²) in [6.07, 6.45) is 12.2. The minimum Gasteiger partial charge on any atom is -0.459 e. The third-order valence-electron chi connectivity index (χ3n) is 9.92. The van der Waals surface area contributed by atoms with Gasteiger partial charge in [0, 0.05) is 11.3 Å². The molecule has 2 aliphatic heterocycles. The first-order valence-electron chi connectivity index (χ1n) is 12.7. The van der Waals surface area contributed by atoms with Crippen LogP contribution in [-0.2, 0) is 19.0 Å². The van der Waals surface area contributed by atoms with Crippen LogP contribution in [0, 0.1) is 34.5 Å². The molecule has 0 aromatic rings. The van der Waals surface area contributed by atoms with Gasteiger partial charge in [0.2, 0.25) is 0 Å². The lowest BCUT2D eigenvalue weighted by molar-refractivity contribution is -0.319. The number of aliphatic hydroxyl groups excluding tert-OH is 1. The molecule has 3 aliphatic carbocycles. The predicted octanol–water partition coefficient (Wildman–Crippen LogP) is 4.62. The van der Waals surface area contributed by atoms with Crippen molar-refractivity contribution in [3.05, 3.63) is 11.6 Å². The minimum atomic E-state index is -0.768. The summed E-state index contributed by atoms with van der Waals surface area (Å²) in [7, 11) is 0. The molecule has 0 aromatic carbocycles. The lowest BCUT2D eigenvalue weighted by Crippen LogP contribution is -2.62. The summed E-state index contributed by atoms with van der Waals surface area (Å²) in [4.78, 5) is 12.0. The smallest absolute Gasteiger partial charge is 0.336 e. The number of allylic oxidation sites excluding steroid dienone is 1. The van der Waals surface area contributed by atoms with Gasteiger partial charge in [-0.05, 0) is 61.7 Å². The number of hydrogen-bond donors (Lipinski definition) is 1. The number of hydrogen-bond acceptors (Lipinski definition) is 5. The van der Waals surface area contributed by atoms with Crippen molar-refractivity contribution in [1.29, 1.82) is 0 Å². The van der Waals surface area contributed by atoms with E-state index in [2.05, 4.69) is 20.8 Å². The monoisotopic (exact) mass is 432 g/mol. The van der Waals surface area contributed by atoms with Crippen molar-refractivity contribution in [2.75, 3.05) is 13.2 Å². The van der Waals surface area contributed by atoms with Gasteiger partial charge in [0.15, 0.2) is 6.29 Å². The maximum absolute atomic E-state index is 12.0. The van der Waals surface area contributed by atoms with Gasteiger partial charge in [-0.1, -0.05) is 46.1 Å². The number of esters is 1. The second-order valence-electron chi connectivity index (χ2n) is 11.6. The second kappa shape index (κ2) is 8.14. The number of ether oxygens (including phenoxy) is 3. The first-order chi connectivity index (χ1) is 14.8. The van der Waals surface area contributed by atoms with Crippen LogP contribution in [0.4, 0.5) is 0 Å². The average Bonchev–Trinajstić information content (AvgIpc) is 3.38. The molecule has 5 heteroatoms. The van der Waals surface area contributed by atoms with E-state index in [1.165, 1.54) is 44.9 Å². The summed E-state index contributed by atoms with van der Waals surface area (Å²) in [5.74, 6) is 1.89. The number of aliphatic hydroxyl groups is 1. The van der Waals surface area contributed by atoms with Crippen molar-refractivity contribution in [1.82, 2.24) is 0 Å². The number of rotatable bonds is 3. The van der Waals surface area contributed by atoms with Crippen LogP contribution in [-0.4, -0.2) is 42.8 Å². The van der Waals surface area contributed by atoms with Crippen LogP contribution in [0.5, 0.6) is 0 Å². The van der Waals surface area contributed by atoms with E-state index in [9.17, 15) is 9.90 Å². The molecule has 5 fully saturated rings. The maximum Gasteiger partial charge on any atom is 0.336 e. The van der Waals surface area contributed by atoms with Gasteiger partial charge in [0.05, 0.1) is 18.3 Å². The van der Waals surface area contributed by atoms with Crippen LogP contribution >= 0.6 is 0 Å². The normalized spacial score (nSPS) is 49.7. The van der Waals surface area contributed by atoms with Crippen molar-refractivity contribution < 1.29 is 24.1 Å². The van der Waals surface area contributed by atoms with E-state index >= 15 is 0 Å². The second-order valence-corrected chi connectivity index (χ2v) is 11.6. The van der Waals surface area contributed by atoms with Gasteiger partial charge in [-0.3, -0.25) is 0 Å². The molecule has 31 heavy (non-hydrogen) atoms. The highest BCUT2D eigenvalue weighted by molar-refractivity contribution is 5.91. The zero-order valence-corrected chi connectivity index (χ0v) is 19.5. The summed E-state index contributed by atoms with van der Waals surface area (Å²) < 4.78 is 18.1. The molecule has 174 valence electrons. The molecule has 5 rings (SSSR count). The molecule has 1 N–H and O–H groups in total. The van der Waals surface area contributed by atoms with E-state index in [0.717, 1.165) is 19.4 Å². The fraction of sp³-hybridized carbons (Fsp3) is 0.885. The Hall–Kier alpha value is -0.910. The molecule has 0 bridgehead atoms. The molecular weight excluding hydrogens is 392 g/mol. The van der Waals surface area contributed by atoms with Crippen LogP contribution in [0.2, 0.25) is 0 Å². The Morgan fingerprint density at radius 1 is 1.10 bits per heavy atom. The number of carbonyl (C=O) groups excluding carboxylic acids is 1. The molecule has 8 atom stereocenters. The molecule has 0 spiro atoms. The molecular formula is C26H40O5. The quantitative estimate of drug-likeness (QED) is 0.521. The molecule has 0 radical (unpaired) electrons. The first-order valence-corrected chi connectivity index (χ1v) is 12.7. The fourth-order valence-electron chi connectivity index (χ4n) is 8.10. The summed E-state index contributed by atoms with van der Waals surface area (Å²) in [6.45, 7) is 8.17. The van der Waals surface area contributed by atoms with Gasteiger partial charge >= 0.3 is 5.97 Å². The van der Waals surface area contributed by atoms with E-state index in [4.69, 9.17) is 14.2 Å². The first kappa shape index (κ1) is 21.9. The molecule has 0 aromatic heterocycles. The summed E-state index contributed by atoms with van der Waals surface area (Å²) in [6, 6.07) is 0. The molecule has 5 aliphatic rings. The van der Waals surface area contributed by atoms with Crippen molar-refractivity contribution >= 4 is 5.97 Å². The lowest BCUT2D eigenvalue weighted by Gasteiger charge is -2.63. The summed E-state index contributed by atoms with van der Waals surface area (Å²) >= 11 is 0.